The standard InChI is InChI=1S/C24H29FN2O3/c1-4-23(28)20-7-11-22(12-8-20)30-16-24(29)27-14-17(2)26(13-18(27)3)15-19-5-9-21(25)10-6-19/h5-12,17-18H,4,13-16H2,1-3H3/t17-,18+/m0/s1. The molecule has 0 N–H and O–H groups in total. The number of carbonyl (C=O) groups excluding carboxylic acids is 2. The monoisotopic (exact) mass is 412 g/mol. The predicted octanol–water partition coefficient (Wildman–Crippen LogP) is 3.92. The molecule has 6 heteroatoms. The van der Waals surface area contributed by atoms with Crippen molar-refractivity contribution in [3.05, 3.63) is 65.5 Å². The van der Waals surface area contributed by atoms with Gasteiger partial charge in [-0.25, -0.2) is 4.39 Å². The van der Waals surface area contributed by atoms with Gasteiger partial charge < -0.3 is 9.64 Å². The normalized spacial score (nSPS) is 19.5. The minimum atomic E-state index is -0.234. The Morgan fingerprint density at radius 3 is 2.30 bits per heavy atom. The highest BCUT2D eigenvalue weighted by Gasteiger charge is 2.32. The van der Waals surface area contributed by atoms with Crippen molar-refractivity contribution in [2.24, 2.45) is 0 Å². The molecule has 1 aliphatic rings. The van der Waals surface area contributed by atoms with Crippen molar-refractivity contribution >= 4 is 11.7 Å². The number of rotatable bonds is 7. The molecule has 1 aliphatic heterocycles. The fraction of sp³-hybridized carbons (Fsp3) is 0.417. The highest BCUT2D eigenvalue weighted by molar-refractivity contribution is 5.95. The maximum Gasteiger partial charge on any atom is 0.260 e. The van der Waals surface area contributed by atoms with Crippen LogP contribution < -0.4 is 4.74 Å². The Hall–Kier alpha value is -2.73. The maximum atomic E-state index is 13.1. The third-order valence-electron chi connectivity index (χ3n) is 5.59. The summed E-state index contributed by atoms with van der Waals surface area (Å²) < 4.78 is 18.8. The minimum absolute atomic E-state index is 0.0317. The topological polar surface area (TPSA) is 49.9 Å². The van der Waals surface area contributed by atoms with Gasteiger partial charge in [0.05, 0.1) is 0 Å². The predicted molar refractivity (Wildman–Crippen MR) is 114 cm³/mol. The molecule has 0 unspecified atom stereocenters. The quantitative estimate of drug-likeness (QED) is 0.647. The van der Waals surface area contributed by atoms with Gasteiger partial charge in [0.15, 0.2) is 12.4 Å². The van der Waals surface area contributed by atoms with Crippen molar-refractivity contribution in [1.82, 2.24) is 9.80 Å². The second kappa shape index (κ2) is 9.85. The van der Waals surface area contributed by atoms with Crippen molar-refractivity contribution in [3.63, 3.8) is 0 Å². The number of hydrogen-bond donors (Lipinski definition) is 0. The maximum absolute atomic E-state index is 13.1. The van der Waals surface area contributed by atoms with E-state index in [-0.39, 0.29) is 36.2 Å². The van der Waals surface area contributed by atoms with Gasteiger partial charge in [-0.15, -0.1) is 0 Å². The zero-order valence-electron chi connectivity index (χ0n) is 17.8. The number of Topliss-reactive ketones (excluding diaryl/α,β-unsaturated/α-hetero) is 1. The van der Waals surface area contributed by atoms with Crippen LogP contribution in [0.4, 0.5) is 4.39 Å². The molecule has 2 atom stereocenters. The molecule has 0 aliphatic carbocycles. The van der Waals surface area contributed by atoms with Gasteiger partial charge in [-0.1, -0.05) is 19.1 Å². The minimum Gasteiger partial charge on any atom is -0.484 e. The highest BCUT2D eigenvalue weighted by Crippen LogP contribution is 2.19. The van der Waals surface area contributed by atoms with Crippen LogP contribution in [0.15, 0.2) is 48.5 Å². The van der Waals surface area contributed by atoms with E-state index in [0.717, 1.165) is 18.7 Å². The van der Waals surface area contributed by atoms with Gasteiger partial charge in [0.1, 0.15) is 11.6 Å². The molecule has 0 saturated carbocycles. The van der Waals surface area contributed by atoms with E-state index in [4.69, 9.17) is 4.74 Å². The van der Waals surface area contributed by atoms with Gasteiger partial charge in [-0.2, -0.15) is 0 Å². The molecule has 0 radical (unpaired) electrons. The van der Waals surface area contributed by atoms with Gasteiger partial charge in [0.25, 0.3) is 5.91 Å². The van der Waals surface area contributed by atoms with Crippen LogP contribution >= 0.6 is 0 Å². The number of ether oxygens (including phenoxy) is 1. The lowest BCUT2D eigenvalue weighted by Crippen LogP contribution is -2.58. The molecule has 5 nitrogen and oxygen atoms in total. The Morgan fingerprint density at radius 2 is 1.67 bits per heavy atom. The number of halogens is 1. The van der Waals surface area contributed by atoms with Crippen LogP contribution in [0.3, 0.4) is 0 Å². The SMILES string of the molecule is CCC(=O)c1ccc(OCC(=O)N2C[C@H](C)N(Cc3ccc(F)cc3)C[C@H]2C)cc1. The summed E-state index contributed by atoms with van der Waals surface area (Å²) in [6.45, 7) is 8.02. The number of benzene rings is 2. The van der Waals surface area contributed by atoms with E-state index in [1.807, 2.05) is 18.7 Å². The fourth-order valence-corrected chi connectivity index (χ4v) is 3.76. The Kier molecular flexibility index (Phi) is 7.21. The van der Waals surface area contributed by atoms with Crippen LogP contribution in [-0.4, -0.2) is 53.3 Å². The molecule has 0 spiro atoms. The number of ketones is 1. The smallest absolute Gasteiger partial charge is 0.260 e. The number of carbonyl (C=O) groups is 2. The van der Waals surface area contributed by atoms with Gasteiger partial charge in [0.2, 0.25) is 0 Å². The Bertz CT molecular complexity index is 867. The van der Waals surface area contributed by atoms with Crippen molar-refractivity contribution < 1.29 is 18.7 Å². The van der Waals surface area contributed by atoms with Gasteiger partial charge in [0, 0.05) is 43.7 Å². The van der Waals surface area contributed by atoms with Crippen LogP contribution in [0.2, 0.25) is 0 Å². The zero-order valence-corrected chi connectivity index (χ0v) is 17.8. The van der Waals surface area contributed by atoms with Crippen LogP contribution in [0.1, 0.15) is 43.1 Å². The molecule has 2 aromatic carbocycles. The molecule has 1 fully saturated rings. The molecular formula is C24H29FN2O3. The lowest BCUT2D eigenvalue weighted by molar-refractivity contribution is -0.139. The first kappa shape index (κ1) is 22.0. The highest BCUT2D eigenvalue weighted by atomic mass is 19.1. The summed E-state index contributed by atoms with van der Waals surface area (Å²) in [5.74, 6) is 0.372. The van der Waals surface area contributed by atoms with Crippen molar-refractivity contribution in [2.45, 2.75) is 45.8 Å². The van der Waals surface area contributed by atoms with Crippen molar-refractivity contribution in [1.29, 1.82) is 0 Å². The summed E-state index contributed by atoms with van der Waals surface area (Å²) in [5.41, 5.74) is 1.71. The lowest BCUT2D eigenvalue weighted by Gasteiger charge is -2.44. The number of hydrogen-bond acceptors (Lipinski definition) is 4. The van der Waals surface area contributed by atoms with Crippen LogP contribution in [-0.2, 0) is 11.3 Å². The van der Waals surface area contributed by atoms with Gasteiger partial charge >= 0.3 is 0 Å². The zero-order chi connectivity index (χ0) is 21.7. The van der Waals surface area contributed by atoms with Crippen LogP contribution in [0.25, 0.3) is 0 Å². The third kappa shape index (κ3) is 5.45. The van der Waals surface area contributed by atoms with Crippen LogP contribution in [0.5, 0.6) is 5.75 Å². The van der Waals surface area contributed by atoms with E-state index < -0.39 is 0 Å². The third-order valence-corrected chi connectivity index (χ3v) is 5.59. The lowest BCUT2D eigenvalue weighted by atomic mass is 10.1. The molecule has 0 aromatic heterocycles. The van der Waals surface area contributed by atoms with E-state index >= 15 is 0 Å². The fourth-order valence-electron chi connectivity index (χ4n) is 3.76. The Balaban J connectivity index is 1.53. The number of piperazine rings is 1. The molecule has 160 valence electrons. The Morgan fingerprint density at radius 1 is 1.00 bits per heavy atom. The molecule has 1 heterocycles. The summed E-state index contributed by atoms with van der Waals surface area (Å²) in [6, 6.07) is 13.7. The van der Waals surface area contributed by atoms with E-state index in [1.165, 1.54) is 12.1 Å². The second-order valence-electron chi connectivity index (χ2n) is 7.89. The van der Waals surface area contributed by atoms with Crippen molar-refractivity contribution in [2.75, 3.05) is 19.7 Å². The second-order valence-corrected chi connectivity index (χ2v) is 7.89. The summed E-state index contributed by atoms with van der Waals surface area (Å²) in [6.07, 6.45) is 0.460. The molecule has 2 aromatic rings. The largest absolute Gasteiger partial charge is 0.484 e. The average molecular weight is 413 g/mol. The molecule has 30 heavy (non-hydrogen) atoms. The summed E-state index contributed by atoms with van der Waals surface area (Å²) in [4.78, 5) is 28.6. The summed E-state index contributed by atoms with van der Waals surface area (Å²) in [5, 5.41) is 0. The van der Waals surface area contributed by atoms with Crippen LogP contribution in [0, 0.1) is 5.82 Å². The molecule has 1 amide bonds. The first-order valence-corrected chi connectivity index (χ1v) is 10.4. The number of amides is 1. The van der Waals surface area contributed by atoms with E-state index in [2.05, 4.69) is 11.8 Å². The molecule has 1 saturated heterocycles. The summed E-state index contributed by atoms with van der Waals surface area (Å²) >= 11 is 0. The van der Waals surface area contributed by atoms with Gasteiger partial charge in [-0.3, -0.25) is 14.5 Å². The van der Waals surface area contributed by atoms with E-state index in [1.54, 1.807) is 36.4 Å². The first-order chi connectivity index (χ1) is 14.4. The summed E-state index contributed by atoms with van der Waals surface area (Å²) in [7, 11) is 0. The van der Waals surface area contributed by atoms with Gasteiger partial charge in [-0.05, 0) is 55.8 Å². The Labute approximate surface area is 177 Å². The van der Waals surface area contributed by atoms with E-state index in [0.29, 0.717) is 24.3 Å². The van der Waals surface area contributed by atoms with E-state index in [9.17, 15) is 14.0 Å². The first-order valence-electron chi connectivity index (χ1n) is 10.4. The number of nitrogens with zero attached hydrogens (tertiary/aromatic N) is 2. The average Bonchev–Trinajstić information content (AvgIpc) is 2.75. The molecule has 0 bridgehead atoms. The van der Waals surface area contributed by atoms with Crippen molar-refractivity contribution in [3.8, 4) is 5.75 Å². The molecular weight excluding hydrogens is 383 g/mol. The molecule has 3 rings (SSSR count).